The van der Waals surface area contributed by atoms with Crippen molar-refractivity contribution in [3.8, 4) is 0 Å². The van der Waals surface area contributed by atoms with Crippen molar-refractivity contribution in [1.29, 1.82) is 0 Å². The highest BCUT2D eigenvalue weighted by Crippen LogP contribution is 2.14. The summed E-state index contributed by atoms with van der Waals surface area (Å²) in [5, 5.41) is 12.4. The predicted octanol–water partition coefficient (Wildman–Crippen LogP) is 5.45. The molecule has 1 aliphatic rings. The maximum atomic E-state index is 11.7. The molecule has 1 fully saturated rings. The zero-order chi connectivity index (χ0) is 23.3. The predicted molar refractivity (Wildman–Crippen MR) is 128 cm³/mol. The third-order valence-corrected chi connectivity index (χ3v) is 6.15. The Labute approximate surface area is 196 Å². The number of carbonyl (C=O) groups is 2. The van der Waals surface area contributed by atoms with E-state index in [0.29, 0.717) is 19.4 Å². The number of carbonyl (C=O) groups excluding carboxylic acids is 2. The van der Waals surface area contributed by atoms with E-state index in [4.69, 9.17) is 9.47 Å². The molecule has 1 amide bonds. The molecule has 0 aliphatic carbocycles. The van der Waals surface area contributed by atoms with E-state index >= 15 is 0 Å². The van der Waals surface area contributed by atoms with E-state index in [9.17, 15) is 14.7 Å². The number of rotatable bonds is 22. The van der Waals surface area contributed by atoms with Crippen LogP contribution in [0.3, 0.4) is 0 Å². The lowest BCUT2D eigenvalue weighted by atomic mass is 10.0. The van der Waals surface area contributed by atoms with Crippen LogP contribution in [0, 0.1) is 0 Å². The van der Waals surface area contributed by atoms with Gasteiger partial charge in [-0.15, -0.1) is 0 Å². The molecular weight excluding hydrogens is 406 g/mol. The topological polar surface area (TPSA) is 84.9 Å². The first-order valence-electron chi connectivity index (χ1n) is 13.3. The SMILES string of the molecule is CCCCCCCCCCCCCCCCCCOCC(O)COC(=O)C1CCC(=O)N1. The lowest BCUT2D eigenvalue weighted by Gasteiger charge is -2.14. The normalized spacial score (nSPS) is 16.8. The number of ether oxygens (including phenoxy) is 2. The van der Waals surface area contributed by atoms with Gasteiger partial charge in [0, 0.05) is 13.0 Å². The molecule has 6 nitrogen and oxygen atoms in total. The fourth-order valence-corrected chi connectivity index (χ4v) is 4.09. The molecule has 0 saturated carbocycles. The molecule has 2 N–H and O–H groups in total. The van der Waals surface area contributed by atoms with E-state index in [-0.39, 0.29) is 19.1 Å². The smallest absolute Gasteiger partial charge is 0.328 e. The molecule has 1 rings (SSSR count). The molecule has 0 bridgehead atoms. The Morgan fingerprint density at radius 1 is 0.875 bits per heavy atom. The van der Waals surface area contributed by atoms with Gasteiger partial charge in [-0.25, -0.2) is 4.79 Å². The van der Waals surface area contributed by atoms with Crippen LogP contribution in [0.2, 0.25) is 0 Å². The largest absolute Gasteiger partial charge is 0.461 e. The van der Waals surface area contributed by atoms with Gasteiger partial charge in [0.1, 0.15) is 18.8 Å². The fourth-order valence-electron chi connectivity index (χ4n) is 4.09. The second kappa shape index (κ2) is 20.5. The van der Waals surface area contributed by atoms with Gasteiger partial charge in [-0.3, -0.25) is 4.79 Å². The summed E-state index contributed by atoms with van der Waals surface area (Å²) in [6, 6.07) is -0.569. The molecule has 32 heavy (non-hydrogen) atoms. The average Bonchev–Trinajstić information content (AvgIpc) is 3.23. The molecular formula is C26H49NO5. The van der Waals surface area contributed by atoms with Crippen LogP contribution in [0.4, 0.5) is 0 Å². The standard InChI is InChI=1S/C26H49NO5/c1-2-3-4-5-6-7-8-9-10-11-12-13-14-15-16-17-20-31-21-23(28)22-32-26(30)24-18-19-25(29)27-24/h23-24,28H,2-22H2,1H3,(H,27,29). The van der Waals surface area contributed by atoms with Gasteiger partial charge in [0.15, 0.2) is 0 Å². The van der Waals surface area contributed by atoms with Gasteiger partial charge in [0.2, 0.25) is 5.91 Å². The van der Waals surface area contributed by atoms with Crippen LogP contribution in [-0.2, 0) is 19.1 Å². The Morgan fingerprint density at radius 2 is 1.38 bits per heavy atom. The molecule has 6 heteroatoms. The summed E-state index contributed by atoms with van der Waals surface area (Å²) in [7, 11) is 0. The average molecular weight is 456 g/mol. The maximum Gasteiger partial charge on any atom is 0.328 e. The van der Waals surface area contributed by atoms with Crippen molar-refractivity contribution < 1.29 is 24.2 Å². The molecule has 1 heterocycles. The van der Waals surface area contributed by atoms with E-state index in [1.165, 1.54) is 89.9 Å². The van der Waals surface area contributed by atoms with Gasteiger partial charge in [0.25, 0.3) is 0 Å². The van der Waals surface area contributed by atoms with Crippen molar-refractivity contribution in [1.82, 2.24) is 5.32 Å². The van der Waals surface area contributed by atoms with Gasteiger partial charge in [0.05, 0.1) is 6.61 Å². The number of unbranched alkanes of at least 4 members (excludes halogenated alkanes) is 15. The van der Waals surface area contributed by atoms with E-state index in [1.54, 1.807) is 0 Å². The summed E-state index contributed by atoms with van der Waals surface area (Å²) in [6.07, 6.45) is 21.4. The lowest BCUT2D eigenvalue weighted by Crippen LogP contribution is -2.36. The minimum Gasteiger partial charge on any atom is -0.461 e. The summed E-state index contributed by atoms with van der Waals surface area (Å²) in [5.41, 5.74) is 0. The highest BCUT2D eigenvalue weighted by atomic mass is 16.5. The van der Waals surface area contributed by atoms with Crippen molar-refractivity contribution in [2.75, 3.05) is 19.8 Å². The Bertz CT molecular complexity index is 471. The minimum absolute atomic E-state index is 0.0931. The van der Waals surface area contributed by atoms with E-state index < -0.39 is 18.1 Å². The second-order valence-electron chi connectivity index (χ2n) is 9.32. The number of aliphatic hydroxyl groups excluding tert-OH is 1. The molecule has 188 valence electrons. The van der Waals surface area contributed by atoms with Crippen molar-refractivity contribution in [2.45, 2.75) is 135 Å². The summed E-state index contributed by atoms with van der Waals surface area (Å²) in [4.78, 5) is 22.8. The number of amides is 1. The van der Waals surface area contributed by atoms with Gasteiger partial charge >= 0.3 is 5.97 Å². The molecule has 0 spiro atoms. The molecule has 0 aromatic carbocycles. The van der Waals surface area contributed by atoms with Crippen molar-refractivity contribution in [3.05, 3.63) is 0 Å². The third-order valence-electron chi connectivity index (χ3n) is 6.15. The highest BCUT2D eigenvalue weighted by Gasteiger charge is 2.28. The molecule has 0 radical (unpaired) electrons. The third kappa shape index (κ3) is 16.5. The van der Waals surface area contributed by atoms with E-state index in [0.717, 1.165) is 12.8 Å². The lowest BCUT2D eigenvalue weighted by molar-refractivity contribution is -0.150. The first-order valence-corrected chi connectivity index (χ1v) is 13.3. The Kier molecular flexibility index (Phi) is 18.5. The second-order valence-corrected chi connectivity index (χ2v) is 9.32. The van der Waals surface area contributed by atoms with Crippen LogP contribution >= 0.6 is 0 Å². The Morgan fingerprint density at radius 3 is 1.84 bits per heavy atom. The summed E-state index contributed by atoms with van der Waals surface area (Å²) in [6.45, 7) is 2.98. The molecule has 2 unspecified atom stereocenters. The van der Waals surface area contributed by atoms with Crippen LogP contribution in [0.5, 0.6) is 0 Å². The number of esters is 1. The van der Waals surface area contributed by atoms with Crippen LogP contribution in [-0.4, -0.2) is 48.9 Å². The Hall–Kier alpha value is -1.14. The number of nitrogens with one attached hydrogen (secondary N) is 1. The van der Waals surface area contributed by atoms with Crippen molar-refractivity contribution in [3.63, 3.8) is 0 Å². The first-order chi connectivity index (χ1) is 15.6. The fraction of sp³-hybridized carbons (Fsp3) is 0.923. The summed E-state index contributed by atoms with van der Waals surface area (Å²) in [5.74, 6) is -0.609. The van der Waals surface area contributed by atoms with Crippen LogP contribution in [0.25, 0.3) is 0 Å². The van der Waals surface area contributed by atoms with E-state index in [1.807, 2.05) is 0 Å². The van der Waals surface area contributed by atoms with Crippen LogP contribution in [0.1, 0.15) is 122 Å². The molecule has 1 aliphatic heterocycles. The quantitative estimate of drug-likeness (QED) is 0.168. The number of hydrogen-bond acceptors (Lipinski definition) is 5. The van der Waals surface area contributed by atoms with Gasteiger partial charge < -0.3 is 19.9 Å². The first kappa shape index (κ1) is 28.9. The molecule has 2 atom stereocenters. The van der Waals surface area contributed by atoms with Crippen LogP contribution in [0.15, 0.2) is 0 Å². The summed E-state index contributed by atoms with van der Waals surface area (Å²) < 4.78 is 10.5. The number of hydrogen-bond donors (Lipinski definition) is 2. The van der Waals surface area contributed by atoms with Gasteiger partial charge in [-0.1, -0.05) is 103 Å². The highest BCUT2D eigenvalue weighted by molar-refractivity contribution is 5.88. The van der Waals surface area contributed by atoms with E-state index in [2.05, 4.69) is 12.2 Å². The molecule has 0 aromatic rings. The van der Waals surface area contributed by atoms with Crippen molar-refractivity contribution in [2.24, 2.45) is 0 Å². The summed E-state index contributed by atoms with van der Waals surface area (Å²) >= 11 is 0. The minimum atomic E-state index is -0.822. The monoisotopic (exact) mass is 455 g/mol. The number of aliphatic hydroxyl groups is 1. The zero-order valence-corrected chi connectivity index (χ0v) is 20.6. The van der Waals surface area contributed by atoms with Gasteiger partial charge in [-0.2, -0.15) is 0 Å². The zero-order valence-electron chi connectivity index (χ0n) is 20.6. The van der Waals surface area contributed by atoms with Crippen molar-refractivity contribution >= 4 is 11.9 Å². The Balaban J connectivity index is 1.75. The maximum absolute atomic E-state index is 11.7. The molecule has 0 aromatic heterocycles. The van der Waals surface area contributed by atoms with Crippen LogP contribution < -0.4 is 5.32 Å². The van der Waals surface area contributed by atoms with Gasteiger partial charge in [-0.05, 0) is 12.8 Å². The molecule has 1 saturated heterocycles.